The van der Waals surface area contributed by atoms with Gasteiger partial charge in [0.15, 0.2) is 5.82 Å². The molecule has 2 aliphatic rings. The molecule has 3 N–H and O–H groups in total. The van der Waals surface area contributed by atoms with Crippen LogP contribution in [0.25, 0.3) is 0 Å². The third kappa shape index (κ3) is 2.32. The van der Waals surface area contributed by atoms with Crippen LogP contribution in [0, 0.1) is 24.7 Å². The van der Waals surface area contributed by atoms with E-state index >= 15 is 0 Å². The van der Waals surface area contributed by atoms with E-state index in [0.717, 1.165) is 12.8 Å². The van der Waals surface area contributed by atoms with Crippen molar-refractivity contribution in [3.05, 3.63) is 11.8 Å². The van der Waals surface area contributed by atoms with E-state index in [1.54, 1.807) is 13.0 Å². The van der Waals surface area contributed by atoms with E-state index in [4.69, 9.17) is 4.52 Å². The van der Waals surface area contributed by atoms with Crippen molar-refractivity contribution in [1.29, 1.82) is 0 Å². The zero-order valence-corrected chi connectivity index (χ0v) is 10.9. The summed E-state index contributed by atoms with van der Waals surface area (Å²) in [7, 11) is 0. The summed E-state index contributed by atoms with van der Waals surface area (Å²) in [5, 5.41) is 18.8. The second-order valence-corrected chi connectivity index (χ2v) is 5.63. The van der Waals surface area contributed by atoms with Crippen molar-refractivity contribution in [2.24, 2.45) is 17.8 Å². The number of carbonyl (C=O) groups is 1. The van der Waals surface area contributed by atoms with Gasteiger partial charge in [0.1, 0.15) is 5.76 Å². The fourth-order valence-corrected chi connectivity index (χ4v) is 3.63. The molecule has 0 radical (unpaired) electrons. The highest BCUT2D eigenvalue weighted by Crippen LogP contribution is 2.48. The smallest absolute Gasteiger partial charge is 0.320 e. The number of nitrogens with zero attached hydrogens (tertiary/aromatic N) is 1. The topological polar surface area (TPSA) is 87.4 Å². The number of rotatable bonds is 3. The Morgan fingerprint density at radius 3 is 3.00 bits per heavy atom. The Kier molecular flexibility index (Phi) is 3.18. The molecule has 2 bridgehead atoms. The van der Waals surface area contributed by atoms with Gasteiger partial charge in [-0.05, 0) is 38.0 Å². The highest BCUT2D eigenvalue weighted by molar-refractivity contribution is 5.88. The van der Waals surface area contributed by atoms with Crippen LogP contribution in [0.1, 0.15) is 25.0 Å². The second kappa shape index (κ2) is 4.85. The first-order valence-corrected chi connectivity index (χ1v) is 6.79. The monoisotopic (exact) mass is 265 g/mol. The van der Waals surface area contributed by atoms with Crippen LogP contribution in [-0.4, -0.2) is 28.9 Å². The lowest BCUT2D eigenvalue weighted by Gasteiger charge is -2.30. The van der Waals surface area contributed by atoms with E-state index in [1.165, 1.54) is 6.42 Å². The maximum atomic E-state index is 11.9. The molecule has 104 valence electrons. The molecule has 0 unspecified atom stereocenters. The van der Waals surface area contributed by atoms with Gasteiger partial charge in [-0.15, -0.1) is 0 Å². The van der Waals surface area contributed by atoms with E-state index in [2.05, 4.69) is 15.8 Å². The lowest BCUT2D eigenvalue weighted by Crippen LogP contribution is -2.46. The summed E-state index contributed by atoms with van der Waals surface area (Å²) >= 11 is 0. The lowest BCUT2D eigenvalue weighted by molar-refractivity contribution is 0.146. The summed E-state index contributed by atoms with van der Waals surface area (Å²) in [6.45, 7) is 1.92. The quantitative estimate of drug-likeness (QED) is 0.773. The molecule has 2 saturated carbocycles. The van der Waals surface area contributed by atoms with Crippen LogP contribution in [0.2, 0.25) is 0 Å². The van der Waals surface area contributed by atoms with Crippen molar-refractivity contribution in [2.75, 3.05) is 11.9 Å². The minimum atomic E-state index is -0.274. The maximum Gasteiger partial charge on any atom is 0.320 e. The SMILES string of the molecule is Cc1cc(NC(=O)N[C@H]2[C@H]3CC[C@@H](C3)[C@@H]2CO)no1. The molecule has 4 atom stereocenters. The Hall–Kier alpha value is -1.56. The van der Waals surface area contributed by atoms with Gasteiger partial charge in [-0.2, -0.15) is 0 Å². The molecule has 2 amide bonds. The zero-order chi connectivity index (χ0) is 13.4. The molecule has 2 aliphatic carbocycles. The summed E-state index contributed by atoms with van der Waals surface area (Å²) in [6.07, 6.45) is 3.45. The highest BCUT2D eigenvalue weighted by Gasteiger charge is 2.47. The number of aromatic nitrogens is 1. The van der Waals surface area contributed by atoms with E-state index in [1.807, 2.05) is 0 Å². The normalized spacial score (nSPS) is 32.5. The second-order valence-electron chi connectivity index (χ2n) is 5.63. The minimum absolute atomic E-state index is 0.0803. The number of urea groups is 1. The minimum Gasteiger partial charge on any atom is -0.396 e. The van der Waals surface area contributed by atoms with Crippen molar-refractivity contribution in [2.45, 2.75) is 32.2 Å². The molecule has 3 rings (SSSR count). The maximum absolute atomic E-state index is 11.9. The number of hydrogen-bond donors (Lipinski definition) is 3. The van der Waals surface area contributed by atoms with Gasteiger partial charge in [0, 0.05) is 24.6 Å². The van der Waals surface area contributed by atoms with Crippen molar-refractivity contribution < 1.29 is 14.4 Å². The van der Waals surface area contributed by atoms with Crippen molar-refractivity contribution in [3.8, 4) is 0 Å². The van der Waals surface area contributed by atoms with E-state index in [-0.39, 0.29) is 24.6 Å². The van der Waals surface area contributed by atoms with E-state index in [9.17, 15) is 9.90 Å². The number of aliphatic hydroxyl groups excluding tert-OH is 1. The van der Waals surface area contributed by atoms with Gasteiger partial charge in [0.25, 0.3) is 0 Å². The molecule has 1 aromatic rings. The Morgan fingerprint density at radius 1 is 1.53 bits per heavy atom. The molecule has 6 nitrogen and oxygen atoms in total. The van der Waals surface area contributed by atoms with E-state index in [0.29, 0.717) is 23.4 Å². The van der Waals surface area contributed by atoms with Gasteiger partial charge in [0.05, 0.1) is 0 Å². The summed E-state index contributed by atoms with van der Waals surface area (Å²) in [5.74, 6) is 2.34. The molecular weight excluding hydrogens is 246 g/mol. The third-order valence-corrected chi connectivity index (χ3v) is 4.47. The van der Waals surface area contributed by atoms with Crippen LogP contribution in [0.3, 0.4) is 0 Å². The average Bonchev–Trinajstić information content (AvgIpc) is 3.05. The number of fused-ring (bicyclic) bond motifs is 2. The first-order valence-electron chi connectivity index (χ1n) is 6.79. The highest BCUT2D eigenvalue weighted by atomic mass is 16.5. The van der Waals surface area contributed by atoms with Crippen LogP contribution >= 0.6 is 0 Å². The summed E-state index contributed by atoms with van der Waals surface area (Å²) in [6, 6.07) is 1.48. The first kappa shape index (κ1) is 12.5. The molecule has 0 aliphatic heterocycles. The van der Waals surface area contributed by atoms with Crippen molar-refractivity contribution >= 4 is 11.8 Å². The van der Waals surface area contributed by atoms with Gasteiger partial charge in [-0.3, -0.25) is 5.32 Å². The van der Waals surface area contributed by atoms with Crippen molar-refractivity contribution in [1.82, 2.24) is 10.5 Å². The molecular formula is C13H19N3O3. The standard InChI is InChI=1S/C13H19N3O3/c1-7-4-11(16-19-7)14-13(18)15-12-9-3-2-8(5-9)10(12)6-17/h4,8-10,12,17H,2-3,5-6H2,1H3,(H2,14,15,16,18)/t8-,9-,10-,12-/m0/s1. The number of hydrogen-bond acceptors (Lipinski definition) is 4. The average molecular weight is 265 g/mol. The van der Waals surface area contributed by atoms with Crippen LogP contribution in [0.15, 0.2) is 10.6 Å². The number of nitrogens with one attached hydrogen (secondary N) is 2. The third-order valence-electron chi connectivity index (χ3n) is 4.47. The summed E-state index contributed by atoms with van der Waals surface area (Å²) < 4.78 is 4.89. The number of aryl methyl sites for hydroxylation is 1. The number of aliphatic hydroxyl groups is 1. The molecule has 0 saturated heterocycles. The van der Waals surface area contributed by atoms with Crippen LogP contribution in [-0.2, 0) is 0 Å². The van der Waals surface area contributed by atoms with Crippen LogP contribution < -0.4 is 10.6 Å². The zero-order valence-electron chi connectivity index (χ0n) is 10.9. The Bertz CT molecular complexity index is 473. The molecule has 1 aromatic heterocycles. The van der Waals surface area contributed by atoms with Crippen LogP contribution in [0.4, 0.5) is 10.6 Å². The summed E-state index contributed by atoms with van der Waals surface area (Å²) in [5.41, 5.74) is 0. The van der Waals surface area contributed by atoms with Crippen molar-refractivity contribution in [3.63, 3.8) is 0 Å². The number of anilines is 1. The largest absolute Gasteiger partial charge is 0.396 e. The predicted molar refractivity (Wildman–Crippen MR) is 68.6 cm³/mol. The van der Waals surface area contributed by atoms with E-state index < -0.39 is 0 Å². The Labute approximate surface area is 111 Å². The first-order chi connectivity index (χ1) is 9.17. The fourth-order valence-electron chi connectivity index (χ4n) is 3.63. The molecule has 2 fully saturated rings. The Balaban J connectivity index is 1.60. The van der Waals surface area contributed by atoms with Gasteiger partial charge < -0.3 is 14.9 Å². The molecule has 6 heteroatoms. The van der Waals surface area contributed by atoms with Gasteiger partial charge in [-0.25, -0.2) is 4.79 Å². The number of amides is 2. The summed E-state index contributed by atoms with van der Waals surface area (Å²) in [4.78, 5) is 11.9. The van der Waals surface area contributed by atoms with Gasteiger partial charge >= 0.3 is 6.03 Å². The lowest BCUT2D eigenvalue weighted by atomic mass is 9.85. The molecule has 0 aromatic carbocycles. The van der Waals surface area contributed by atoms with Gasteiger partial charge in [0.2, 0.25) is 0 Å². The molecule has 19 heavy (non-hydrogen) atoms. The predicted octanol–water partition coefficient (Wildman–Crippen LogP) is 1.51. The van der Waals surface area contributed by atoms with Crippen LogP contribution in [0.5, 0.6) is 0 Å². The number of carbonyl (C=O) groups excluding carboxylic acids is 1. The van der Waals surface area contributed by atoms with Gasteiger partial charge in [-0.1, -0.05) is 5.16 Å². The molecule has 0 spiro atoms. The molecule has 1 heterocycles. The Morgan fingerprint density at radius 2 is 2.32 bits per heavy atom. The fraction of sp³-hybridized carbons (Fsp3) is 0.692.